The number of hydrogen-bond donors (Lipinski definition) is 1. The first-order chi connectivity index (χ1) is 2.91. The van der Waals surface area contributed by atoms with Gasteiger partial charge in [0.2, 0.25) is 0 Å². The third-order valence-electron chi connectivity index (χ3n) is 0.411. The van der Waals surface area contributed by atoms with Crippen molar-refractivity contribution in [1.29, 1.82) is 0 Å². The van der Waals surface area contributed by atoms with Crippen molar-refractivity contribution < 1.29 is 4.39 Å². The van der Waals surface area contributed by atoms with Crippen LogP contribution in [0.25, 0.3) is 0 Å². The lowest BCUT2D eigenvalue weighted by Crippen LogP contribution is -2.03. The van der Waals surface area contributed by atoms with Crippen molar-refractivity contribution in [3.05, 3.63) is 12.4 Å². The summed E-state index contributed by atoms with van der Waals surface area (Å²) in [6.45, 7) is 0.608. The molecule has 36 valence electrons. The van der Waals surface area contributed by atoms with Crippen molar-refractivity contribution >= 4 is 0 Å². The maximum absolute atomic E-state index is 11.0. The molecule has 0 heterocycles. The van der Waals surface area contributed by atoms with Crippen LogP contribution in [0.15, 0.2) is 12.4 Å². The smallest absolute Gasteiger partial charge is 0.0839 e. The first-order valence-corrected chi connectivity index (χ1v) is 1.81. The highest BCUT2D eigenvalue weighted by Crippen LogP contribution is 1.65. The summed E-state index contributed by atoms with van der Waals surface area (Å²) < 4.78 is 11.0. The molecule has 0 radical (unpaired) electrons. The van der Waals surface area contributed by atoms with E-state index in [9.17, 15) is 4.39 Å². The van der Waals surface area contributed by atoms with Gasteiger partial charge in [0.05, 0.1) is 6.33 Å². The van der Waals surface area contributed by atoms with E-state index >= 15 is 0 Å². The minimum atomic E-state index is 0.524. The predicted molar refractivity (Wildman–Crippen MR) is 24.2 cm³/mol. The highest BCUT2D eigenvalue weighted by molar-refractivity contribution is 4.73. The molecule has 0 aliphatic heterocycles. The number of rotatable bonds is 2. The van der Waals surface area contributed by atoms with Gasteiger partial charge in [0, 0.05) is 6.54 Å². The zero-order chi connectivity index (χ0) is 4.83. The van der Waals surface area contributed by atoms with E-state index in [1.54, 1.807) is 7.05 Å². The van der Waals surface area contributed by atoms with E-state index in [-0.39, 0.29) is 0 Å². The number of hydrogen-bond acceptors (Lipinski definition) is 1. The van der Waals surface area contributed by atoms with E-state index in [0.29, 0.717) is 12.9 Å². The van der Waals surface area contributed by atoms with E-state index in [2.05, 4.69) is 5.32 Å². The second-order valence-electron chi connectivity index (χ2n) is 0.919. The average molecular weight is 89.1 g/mol. The van der Waals surface area contributed by atoms with Crippen LogP contribution in [-0.2, 0) is 0 Å². The molecule has 1 N–H and O–H groups in total. The Labute approximate surface area is 36.9 Å². The Bertz CT molecular complexity index is 42.8. The fourth-order valence-electron chi connectivity index (χ4n) is 0.162. The van der Waals surface area contributed by atoms with Gasteiger partial charge in [-0.1, -0.05) is 0 Å². The second-order valence-corrected chi connectivity index (χ2v) is 0.919. The minimum Gasteiger partial charge on any atom is -0.316 e. The Morgan fingerprint density at radius 2 is 2.50 bits per heavy atom. The van der Waals surface area contributed by atoms with E-state index in [1.807, 2.05) is 0 Å². The monoisotopic (exact) mass is 89.1 g/mol. The molecule has 0 spiro atoms. The van der Waals surface area contributed by atoms with Crippen LogP contribution in [0.1, 0.15) is 0 Å². The molecular weight excluding hydrogens is 81.0 g/mol. The summed E-state index contributed by atoms with van der Waals surface area (Å²) in [5.74, 6) is 0. The molecule has 2 heteroatoms. The maximum atomic E-state index is 11.0. The minimum absolute atomic E-state index is 0.524. The summed E-state index contributed by atoms with van der Waals surface area (Å²) in [7, 11) is 1.76. The Hall–Kier alpha value is -0.370. The van der Waals surface area contributed by atoms with Crippen LogP contribution in [0.2, 0.25) is 0 Å². The Morgan fingerprint density at radius 1 is 1.83 bits per heavy atom. The molecule has 0 aliphatic carbocycles. The quantitative estimate of drug-likeness (QED) is 0.524. The maximum Gasteiger partial charge on any atom is 0.0839 e. The predicted octanol–water partition coefficient (Wildman–Crippen LogP) is 0.689. The molecule has 0 fully saturated rings. The summed E-state index contributed by atoms with van der Waals surface area (Å²) in [5.41, 5.74) is 0. The number of halogens is 1. The molecule has 0 aromatic carbocycles. The van der Waals surface area contributed by atoms with Gasteiger partial charge in [-0.3, -0.25) is 0 Å². The van der Waals surface area contributed by atoms with Crippen molar-refractivity contribution in [2.24, 2.45) is 0 Å². The molecule has 0 amide bonds. The average Bonchev–Trinajstić information content (AvgIpc) is 1.61. The molecule has 0 saturated heterocycles. The molecule has 1 nitrogen and oxygen atoms in total. The highest BCUT2D eigenvalue weighted by atomic mass is 19.1. The lowest BCUT2D eigenvalue weighted by molar-refractivity contribution is 0.712. The van der Waals surface area contributed by atoms with Gasteiger partial charge in [0.25, 0.3) is 0 Å². The summed E-state index contributed by atoms with van der Waals surface area (Å²) >= 11 is 0. The van der Waals surface area contributed by atoms with Gasteiger partial charge in [0.15, 0.2) is 0 Å². The first-order valence-electron chi connectivity index (χ1n) is 1.81. The van der Waals surface area contributed by atoms with Crippen molar-refractivity contribution in [1.82, 2.24) is 5.32 Å². The third kappa shape index (κ3) is 3.63. The summed E-state index contributed by atoms with van der Waals surface area (Å²) in [4.78, 5) is 0. The Balaban J connectivity index is 2.66. The molecular formula is C4H8FN. The van der Waals surface area contributed by atoms with Crippen LogP contribution in [-0.4, -0.2) is 13.6 Å². The van der Waals surface area contributed by atoms with Gasteiger partial charge in [-0.15, -0.1) is 0 Å². The van der Waals surface area contributed by atoms with Crippen LogP contribution >= 0.6 is 0 Å². The molecule has 0 rings (SSSR count). The molecule has 0 aromatic heterocycles. The van der Waals surface area contributed by atoms with Crippen molar-refractivity contribution in [3.63, 3.8) is 0 Å². The zero-order valence-corrected chi connectivity index (χ0v) is 3.74. The molecule has 0 bridgehead atoms. The van der Waals surface area contributed by atoms with Crippen molar-refractivity contribution in [3.8, 4) is 0 Å². The zero-order valence-electron chi connectivity index (χ0n) is 3.74. The fraction of sp³-hybridized carbons (Fsp3) is 0.500. The molecule has 0 aliphatic rings. The standard InChI is InChI=1S/C4H8FN/c1-6-4-2-3-5/h2-3,6H,4H2,1H3/b3-2+. The molecule has 0 aromatic rings. The Morgan fingerprint density at radius 3 is 2.67 bits per heavy atom. The van der Waals surface area contributed by atoms with Crippen molar-refractivity contribution in [2.75, 3.05) is 13.6 Å². The largest absolute Gasteiger partial charge is 0.316 e. The van der Waals surface area contributed by atoms with E-state index in [0.717, 1.165) is 0 Å². The summed E-state index contributed by atoms with van der Waals surface area (Å²) in [6, 6.07) is 0. The molecule has 0 saturated carbocycles. The topological polar surface area (TPSA) is 12.0 Å². The van der Waals surface area contributed by atoms with Gasteiger partial charge in [-0.2, -0.15) is 0 Å². The molecule has 6 heavy (non-hydrogen) atoms. The highest BCUT2D eigenvalue weighted by Gasteiger charge is 1.63. The van der Waals surface area contributed by atoms with E-state index < -0.39 is 0 Å². The van der Waals surface area contributed by atoms with Crippen LogP contribution in [0.4, 0.5) is 4.39 Å². The number of likely N-dealkylation sites (N-methyl/N-ethyl adjacent to an activating group) is 1. The van der Waals surface area contributed by atoms with Crippen LogP contribution < -0.4 is 5.32 Å². The second kappa shape index (κ2) is 4.63. The third-order valence-corrected chi connectivity index (χ3v) is 0.411. The van der Waals surface area contributed by atoms with Crippen LogP contribution in [0.3, 0.4) is 0 Å². The van der Waals surface area contributed by atoms with Gasteiger partial charge < -0.3 is 5.32 Å². The van der Waals surface area contributed by atoms with Gasteiger partial charge in [-0.05, 0) is 13.1 Å². The van der Waals surface area contributed by atoms with E-state index in [4.69, 9.17) is 0 Å². The van der Waals surface area contributed by atoms with Gasteiger partial charge >= 0.3 is 0 Å². The normalized spacial score (nSPS) is 10.3. The Kier molecular flexibility index (Phi) is 4.34. The van der Waals surface area contributed by atoms with Crippen LogP contribution in [0, 0.1) is 0 Å². The fourth-order valence-corrected chi connectivity index (χ4v) is 0.162. The van der Waals surface area contributed by atoms with E-state index in [1.165, 1.54) is 6.08 Å². The molecule has 0 atom stereocenters. The van der Waals surface area contributed by atoms with Gasteiger partial charge in [0.1, 0.15) is 0 Å². The van der Waals surface area contributed by atoms with Gasteiger partial charge in [-0.25, -0.2) is 4.39 Å². The SMILES string of the molecule is CNC/C=C/F. The van der Waals surface area contributed by atoms with Crippen molar-refractivity contribution in [2.45, 2.75) is 0 Å². The lowest BCUT2D eigenvalue weighted by Gasteiger charge is -1.80. The first kappa shape index (κ1) is 5.63. The molecule has 0 unspecified atom stereocenters. The summed E-state index contributed by atoms with van der Waals surface area (Å²) in [6.07, 6.45) is 1.93. The lowest BCUT2D eigenvalue weighted by atomic mass is 10.6. The number of nitrogens with one attached hydrogen (secondary N) is 1. The van der Waals surface area contributed by atoms with Crippen LogP contribution in [0.5, 0.6) is 0 Å². The summed E-state index contributed by atoms with van der Waals surface area (Å²) in [5, 5.41) is 2.74.